The summed E-state index contributed by atoms with van der Waals surface area (Å²) in [5, 5.41) is 20.9. The van der Waals surface area contributed by atoms with E-state index in [0.29, 0.717) is 6.54 Å². The predicted octanol–water partition coefficient (Wildman–Crippen LogP) is -0.629. The van der Waals surface area contributed by atoms with Crippen LogP contribution in [-0.4, -0.2) is 36.0 Å². The molecule has 62 valence electrons. The summed E-state index contributed by atoms with van der Waals surface area (Å²) in [4.78, 5) is 0. The van der Waals surface area contributed by atoms with Crippen molar-refractivity contribution >= 4 is 12.4 Å². The molecule has 0 amide bonds. The number of β-amino-alcohol motifs (C(OH)–C–C–N with tert-alkyl or cyclic N) is 1. The summed E-state index contributed by atoms with van der Waals surface area (Å²) in [6.07, 6.45) is 0.543. The summed E-state index contributed by atoms with van der Waals surface area (Å²) >= 11 is 0. The first-order chi connectivity index (χ1) is 4.34. The van der Waals surface area contributed by atoms with E-state index in [1.165, 1.54) is 0 Å². The molecule has 1 heterocycles. The Kier molecular flexibility index (Phi) is 4.99. The zero-order chi connectivity index (χ0) is 6.69. The van der Waals surface area contributed by atoms with Crippen molar-refractivity contribution in [3.05, 3.63) is 0 Å². The van der Waals surface area contributed by atoms with Gasteiger partial charge in [0.2, 0.25) is 0 Å². The highest BCUT2D eigenvalue weighted by molar-refractivity contribution is 5.85. The van der Waals surface area contributed by atoms with Gasteiger partial charge in [-0.2, -0.15) is 0 Å². The SMILES string of the molecule is Cl.OC[C@@H]1CCNC[C@H]1O. The molecule has 4 heteroatoms. The van der Waals surface area contributed by atoms with Crippen LogP contribution in [0.5, 0.6) is 0 Å². The summed E-state index contributed by atoms with van der Waals surface area (Å²) in [7, 11) is 0. The maximum atomic E-state index is 9.15. The Labute approximate surface area is 66.8 Å². The Balaban J connectivity index is 0.000000810. The summed E-state index contributed by atoms with van der Waals surface area (Å²) < 4.78 is 0. The molecular formula is C6H14ClNO2. The van der Waals surface area contributed by atoms with Crippen molar-refractivity contribution in [1.29, 1.82) is 0 Å². The smallest absolute Gasteiger partial charge is 0.0715 e. The molecule has 0 bridgehead atoms. The molecular weight excluding hydrogens is 154 g/mol. The molecule has 1 fully saturated rings. The second kappa shape index (κ2) is 4.91. The van der Waals surface area contributed by atoms with E-state index in [2.05, 4.69) is 5.32 Å². The van der Waals surface area contributed by atoms with Crippen LogP contribution in [0.3, 0.4) is 0 Å². The molecule has 0 saturated carbocycles. The molecule has 3 nitrogen and oxygen atoms in total. The van der Waals surface area contributed by atoms with Crippen molar-refractivity contribution in [3.8, 4) is 0 Å². The van der Waals surface area contributed by atoms with Crippen LogP contribution in [0.15, 0.2) is 0 Å². The number of hydrogen-bond donors (Lipinski definition) is 3. The van der Waals surface area contributed by atoms with E-state index in [1.807, 2.05) is 0 Å². The first kappa shape index (κ1) is 10.2. The Morgan fingerprint density at radius 1 is 1.50 bits per heavy atom. The number of piperidine rings is 1. The zero-order valence-corrected chi connectivity index (χ0v) is 6.60. The number of hydrogen-bond acceptors (Lipinski definition) is 3. The van der Waals surface area contributed by atoms with Crippen LogP contribution in [0.25, 0.3) is 0 Å². The van der Waals surface area contributed by atoms with Crippen LogP contribution in [0.2, 0.25) is 0 Å². The lowest BCUT2D eigenvalue weighted by Gasteiger charge is -2.26. The molecule has 0 unspecified atom stereocenters. The van der Waals surface area contributed by atoms with Gasteiger partial charge in [0.25, 0.3) is 0 Å². The van der Waals surface area contributed by atoms with Crippen molar-refractivity contribution in [2.75, 3.05) is 19.7 Å². The zero-order valence-electron chi connectivity index (χ0n) is 5.79. The van der Waals surface area contributed by atoms with Crippen molar-refractivity contribution in [2.24, 2.45) is 5.92 Å². The van der Waals surface area contributed by atoms with Gasteiger partial charge in [-0.25, -0.2) is 0 Å². The van der Waals surface area contributed by atoms with E-state index >= 15 is 0 Å². The Hall–Kier alpha value is 0.170. The standard InChI is InChI=1S/C6H13NO2.ClH/c8-4-5-1-2-7-3-6(5)9;/h5-9H,1-4H2;1H/t5-,6+;/m0./s1. The molecule has 1 rings (SSSR count). The topological polar surface area (TPSA) is 52.5 Å². The lowest BCUT2D eigenvalue weighted by Crippen LogP contribution is -2.41. The minimum Gasteiger partial charge on any atom is -0.396 e. The van der Waals surface area contributed by atoms with Gasteiger partial charge in [0.15, 0.2) is 0 Å². The molecule has 0 aromatic carbocycles. The molecule has 1 aliphatic rings. The minimum absolute atomic E-state index is 0. The lowest BCUT2D eigenvalue weighted by molar-refractivity contribution is 0.0460. The van der Waals surface area contributed by atoms with Gasteiger partial charge in [-0.05, 0) is 13.0 Å². The molecule has 0 aromatic heterocycles. The van der Waals surface area contributed by atoms with Gasteiger partial charge in [0, 0.05) is 19.1 Å². The van der Waals surface area contributed by atoms with E-state index < -0.39 is 0 Å². The highest BCUT2D eigenvalue weighted by Gasteiger charge is 2.20. The fourth-order valence-electron chi connectivity index (χ4n) is 1.11. The van der Waals surface area contributed by atoms with Crippen LogP contribution in [0.4, 0.5) is 0 Å². The van der Waals surface area contributed by atoms with Crippen LogP contribution >= 0.6 is 12.4 Å². The number of rotatable bonds is 1. The van der Waals surface area contributed by atoms with Crippen molar-refractivity contribution in [1.82, 2.24) is 5.32 Å². The normalized spacial score (nSPS) is 33.0. The lowest BCUT2D eigenvalue weighted by atomic mass is 9.96. The first-order valence-electron chi connectivity index (χ1n) is 3.34. The van der Waals surface area contributed by atoms with Gasteiger partial charge in [0.05, 0.1) is 6.10 Å². The van der Waals surface area contributed by atoms with Gasteiger partial charge < -0.3 is 15.5 Å². The molecule has 1 saturated heterocycles. The fraction of sp³-hybridized carbons (Fsp3) is 1.00. The Morgan fingerprint density at radius 3 is 2.60 bits per heavy atom. The molecule has 0 radical (unpaired) electrons. The second-order valence-corrected chi connectivity index (χ2v) is 2.50. The largest absolute Gasteiger partial charge is 0.396 e. The monoisotopic (exact) mass is 167 g/mol. The quantitative estimate of drug-likeness (QED) is 0.488. The van der Waals surface area contributed by atoms with Crippen LogP contribution < -0.4 is 5.32 Å². The number of nitrogens with one attached hydrogen (secondary N) is 1. The molecule has 3 N–H and O–H groups in total. The molecule has 0 spiro atoms. The van der Waals surface area contributed by atoms with Gasteiger partial charge in [-0.3, -0.25) is 0 Å². The highest BCUT2D eigenvalue weighted by atomic mass is 35.5. The average Bonchev–Trinajstić information content (AvgIpc) is 1.89. The molecule has 10 heavy (non-hydrogen) atoms. The molecule has 1 aliphatic heterocycles. The Morgan fingerprint density at radius 2 is 2.20 bits per heavy atom. The van der Waals surface area contributed by atoms with E-state index in [9.17, 15) is 0 Å². The van der Waals surface area contributed by atoms with Crippen molar-refractivity contribution in [3.63, 3.8) is 0 Å². The summed E-state index contributed by atoms with van der Waals surface area (Å²) in [5.41, 5.74) is 0. The maximum Gasteiger partial charge on any atom is 0.0715 e. The number of aliphatic hydroxyl groups excluding tert-OH is 2. The number of aliphatic hydroxyl groups is 2. The average molecular weight is 168 g/mol. The number of halogens is 1. The van der Waals surface area contributed by atoms with E-state index in [1.54, 1.807) is 0 Å². The van der Waals surface area contributed by atoms with Gasteiger partial charge >= 0.3 is 0 Å². The first-order valence-corrected chi connectivity index (χ1v) is 3.34. The van der Waals surface area contributed by atoms with Crippen molar-refractivity contribution < 1.29 is 10.2 Å². The van der Waals surface area contributed by atoms with Crippen molar-refractivity contribution in [2.45, 2.75) is 12.5 Å². The van der Waals surface area contributed by atoms with E-state index in [4.69, 9.17) is 10.2 Å². The van der Waals surface area contributed by atoms with Gasteiger partial charge in [-0.1, -0.05) is 0 Å². The summed E-state index contributed by atoms with van der Waals surface area (Å²) in [6, 6.07) is 0. The molecule has 0 aromatic rings. The maximum absolute atomic E-state index is 9.15. The highest BCUT2D eigenvalue weighted by Crippen LogP contribution is 2.10. The van der Waals surface area contributed by atoms with Crippen LogP contribution in [0, 0.1) is 5.92 Å². The van der Waals surface area contributed by atoms with Crippen LogP contribution in [-0.2, 0) is 0 Å². The minimum atomic E-state index is -0.344. The van der Waals surface area contributed by atoms with Gasteiger partial charge in [-0.15, -0.1) is 12.4 Å². The second-order valence-electron chi connectivity index (χ2n) is 2.50. The fourth-order valence-corrected chi connectivity index (χ4v) is 1.11. The molecule has 0 aliphatic carbocycles. The third-order valence-electron chi connectivity index (χ3n) is 1.82. The summed E-state index contributed by atoms with van der Waals surface area (Å²) in [5.74, 6) is 0.103. The molecule has 2 atom stereocenters. The predicted molar refractivity (Wildman–Crippen MR) is 41.3 cm³/mol. The third-order valence-corrected chi connectivity index (χ3v) is 1.82. The summed E-state index contributed by atoms with van der Waals surface area (Å²) in [6.45, 7) is 1.66. The van der Waals surface area contributed by atoms with Gasteiger partial charge in [0.1, 0.15) is 0 Å². The van der Waals surface area contributed by atoms with Crippen LogP contribution in [0.1, 0.15) is 6.42 Å². The third kappa shape index (κ3) is 2.42. The van der Waals surface area contributed by atoms with E-state index in [0.717, 1.165) is 13.0 Å². The van der Waals surface area contributed by atoms with E-state index in [-0.39, 0.29) is 31.0 Å². The Bertz CT molecular complexity index is 91.8.